The second kappa shape index (κ2) is 5.58. The zero-order valence-electron chi connectivity index (χ0n) is 11.3. The van der Waals surface area contributed by atoms with E-state index in [0.717, 1.165) is 0 Å². The summed E-state index contributed by atoms with van der Waals surface area (Å²) in [6, 6.07) is 4.30. The molecule has 0 fully saturated rings. The van der Waals surface area contributed by atoms with Crippen LogP contribution in [0, 0.1) is 0 Å². The summed E-state index contributed by atoms with van der Waals surface area (Å²) < 4.78 is 1.25. The first-order valence-corrected chi connectivity index (χ1v) is 6.07. The molecule has 0 saturated carbocycles. The van der Waals surface area contributed by atoms with Crippen LogP contribution in [0.3, 0.4) is 0 Å². The summed E-state index contributed by atoms with van der Waals surface area (Å²) in [5, 5.41) is 27.2. The maximum absolute atomic E-state index is 11.7. The number of carbonyl (C=O) groups is 2. The first-order valence-electron chi connectivity index (χ1n) is 6.07. The van der Waals surface area contributed by atoms with E-state index in [1.807, 2.05) is 0 Å². The predicted octanol–water partition coefficient (Wildman–Crippen LogP) is 2.38. The number of hydrogen-bond donors (Lipinski definition) is 2. The van der Waals surface area contributed by atoms with Crippen molar-refractivity contribution in [2.24, 2.45) is 10.2 Å². The van der Waals surface area contributed by atoms with E-state index in [9.17, 15) is 19.8 Å². The molecule has 0 unspecified atom stereocenters. The minimum atomic E-state index is -0.706. The van der Waals surface area contributed by atoms with Gasteiger partial charge in [-0.25, -0.2) is 0 Å². The first kappa shape index (κ1) is 14.4. The molecule has 0 radical (unpaired) electrons. The molecule has 0 aliphatic carbocycles. The van der Waals surface area contributed by atoms with E-state index in [1.165, 1.54) is 35.8 Å². The monoisotopic (exact) mass is 287 g/mol. The summed E-state index contributed by atoms with van der Waals surface area (Å²) in [4.78, 5) is 22.4. The summed E-state index contributed by atoms with van der Waals surface area (Å²) in [7, 11) is 0. The number of rotatable bonds is 3. The van der Waals surface area contributed by atoms with Crippen LogP contribution in [-0.2, 0) is 11.3 Å². The highest BCUT2D eigenvalue weighted by molar-refractivity contribution is 6.02. The number of aromatic hydroxyl groups is 2. The molecule has 1 heterocycles. The minimum Gasteiger partial charge on any atom is -0.494 e. The molecule has 2 N–H and O–H groups in total. The van der Waals surface area contributed by atoms with Crippen LogP contribution in [0.25, 0.3) is 10.8 Å². The molecular weight excluding hydrogens is 274 g/mol. The van der Waals surface area contributed by atoms with E-state index in [2.05, 4.69) is 16.8 Å². The van der Waals surface area contributed by atoms with Gasteiger partial charge in [0.05, 0.1) is 0 Å². The van der Waals surface area contributed by atoms with Crippen molar-refractivity contribution in [2.45, 2.75) is 13.5 Å². The van der Waals surface area contributed by atoms with Crippen molar-refractivity contribution in [3.63, 3.8) is 0 Å². The van der Waals surface area contributed by atoms with Gasteiger partial charge in [0.15, 0.2) is 0 Å². The van der Waals surface area contributed by atoms with Gasteiger partial charge in [0.2, 0.25) is 11.8 Å². The Labute approximate surface area is 119 Å². The molecule has 0 saturated heterocycles. The molecule has 0 aliphatic rings. The average Bonchev–Trinajstić information content (AvgIpc) is 2.70. The number of benzene rings is 1. The number of hydrogen-bond acceptors (Lipinski definition) is 4. The highest BCUT2D eigenvalue weighted by atomic mass is 16.3. The number of allylic oxidation sites excluding steroid dienone is 1. The summed E-state index contributed by atoms with van der Waals surface area (Å²) in [5.74, 6) is -1.59. The number of amides is 2. The molecule has 108 valence electrons. The fourth-order valence-corrected chi connectivity index (χ4v) is 1.92. The fourth-order valence-electron chi connectivity index (χ4n) is 1.92. The molecule has 0 bridgehead atoms. The van der Waals surface area contributed by atoms with Crippen LogP contribution >= 0.6 is 0 Å². The van der Waals surface area contributed by atoms with Gasteiger partial charge < -0.3 is 10.2 Å². The topological polar surface area (TPSA) is 104 Å². The summed E-state index contributed by atoms with van der Waals surface area (Å²) in [6.07, 6.45) is 1.52. The van der Waals surface area contributed by atoms with Crippen molar-refractivity contribution in [3.8, 4) is 11.8 Å². The lowest BCUT2D eigenvalue weighted by Crippen LogP contribution is -1.94. The number of fused-ring (bicyclic) bond motifs is 1. The van der Waals surface area contributed by atoms with Crippen molar-refractivity contribution in [3.05, 3.63) is 36.4 Å². The molecule has 0 aliphatic heterocycles. The van der Waals surface area contributed by atoms with Crippen molar-refractivity contribution in [1.29, 1.82) is 0 Å². The lowest BCUT2D eigenvalue weighted by molar-refractivity contribution is -0.116. The van der Waals surface area contributed by atoms with Crippen molar-refractivity contribution in [2.75, 3.05) is 0 Å². The molecule has 2 amide bonds. The van der Waals surface area contributed by atoms with Gasteiger partial charge in [0, 0.05) is 29.8 Å². The van der Waals surface area contributed by atoms with Crippen LogP contribution in [-0.4, -0.2) is 26.6 Å². The van der Waals surface area contributed by atoms with Gasteiger partial charge in [-0.3, -0.25) is 14.2 Å². The van der Waals surface area contributed by atoms with E-state index in [-0.39, 0.29) is 23.9 Å². The van der Waals surface area contributed by atoms with Crippen LogP contribution < -0.4 is 0 Å². The zero-order valence-corrected chi connectivity index (χ0v) is 11.3. The van der Waals surface area contributed by atoms with Crippen LogP contribution in [0.15, 0.2) is 41.1 Å². The quantitative estimate of drug-likeness (QED) is 0.668. The second-order valence-electron chi connectivity index (χ2n) is 4.33. The first-order chi connectivity index (χ1) is 9.95. The van der Waals surface area contributed by atoms with Gasteiger partial charge in [-0.2, -0.15) is 0 Å². The van der Waals surface area contributed by atoms with Gasteiger partial charge in [-0.05, 0) is 18.2 Å². The number of nitrogens with zero attached hydrogens (tertiary/aromatic N) is 3. The van der Waals surface area contributed by atoms with Crippen LogP contribution in [0.1, 0.15) is 17.3 Å². The Morgan fingerprint density at radius 3 is 2.52 bits per heavy atom. The Balaban J connectivity index is 2.51. The minimum absolute atomic E-state index is 0.119. The third-order valence-corrected chi connectivity index (χ3v) is 2.85. The largest absolute Gasteiger partial charge is 0.494 e. The van der Waals surface area contributed by atoms with Crippen molar-refractivity contribution < 1.29 is 19.8 Å². The van der Waals surface area contributed by atoms with Crippen LogP contribution in [0.2, 0.25) is 0 Å². The molecule has 0 spiro atoms. The smallest absolute Gasteiger partial charge is 0.295 e. The second-order valence-corrected chi connectivity index (χ2v) is 4.33. The molecule has 1 aromatic carbocycles. The Morgan fingerprint density at radius 2 is 1.90 bits per heavy atom. The van der Waals surface area contributed by atoms with E-state index in [1.54, 1.807) is 0 Å². The van der Waals surface area contributed by atoms with Gasteiger partial charge in [0.25, 0.3) is 11.8 Å². The maximum Gasteiger partial charge on any atom is 0.295 e. The molecule has 0 atom stereocenters. The normalized spacial score (nSPS) is 11.1. The van der Waals surface area contributed by atoms with E-state index in [4.69, 9.17) is 0 Å². The standard InChI is InChI=1S/C14H13N3O4/c1-3-6-17-13(20)10-5-4-9(7-11(10)14(17)21)12(19)16-15-8(2)18/h3-5,7,20-21H,1,6H2,2H3. The number of carbonyl (C=O) groups excluding carboxylic acids is 2. The van der Waals surface area contributed by atoms with E-state index >= 15 is 0 Å². The molecule has 7 nitrogen and oxygen atoms in total. The average molecular weight is 287 g/mol. The summed E-state index contributed by atoms with van der Waals surface area (Å²) in [6.45, 7) is 4.94. The lowest BCUT2D eigenvalue weighted by Gasteiger charge is -2.01. The van der Waals surface area contributed by atoms with Crippen LogP contribution in [0.5, 0.6) is 11.8 Å². The Bertz CT molecular complexity index is 774. The Kier molecular flexibility index (Phi) is 3.84. The number of aromatic nitrogens is 1. The third kappa shape index (κ3) is 2.66. The molecular formula is C14H13N3O4. The Morgan fingerprint density at radius 1 is 1.24 bits per heavy atom. The van der Waals surface area contributed by atoms with Crippen molar-refractivity contribution in [1.82, 2.24) is 4.57 Å². The van der Waals surface area contributed by atoms with Gasteiger partial charge in [-0.15, -0.1) is 16.8 Å². The molecule has 7 heteroatoms. The molecule has 21 heavy (non-hydrogen) atoms. The van der Waals surface area contributed by atoms with Crippen molar-refractivity contribution >= 4 is 22.6 Å². The Hall–Kier alpha value is -2.96. The lowest BCUT2D eigenvalue weighted by atomic mass is 10.1. The summed E-state index contributed by atoms with van der Waals surface area (Å²) >= 11 is 0. The highest BCUT2D eigenvalue weighted by Gasteiger charge is 2.17. The number of azo groups is 1. The maximum atomic E-state index is 11.7. The van der Waals surface area contributed by atoms with E-state index < -0.39 is 11.8 Å². The fraction of sp³-hybridized carbons (Fsp3) is 0.143. The molecule has 1 aromatic heterocycles. The third-order valence-electron chi connectivity index (χ3n) is 2.85. The van der Waals surface area contributed by atoms with Crippen LogP contribution in [0.4, 0.5) is 0 Å². The molecule has 2 rings (SSSR count). The van der Waals surface area contributed by atoms with Gasteiger partial charge in [0.1, 0.15) is 0 Å². The highest BCUT2D eigenvalue weighted by Crippen LogP contribution is 2.36. The molecule has 2 aromatic rings. The SMILES string of the molecule is C=CCn1c(O)c2ccc(C(=O)N=NC(C)=O)cc2c1O. The zero-order chi connectivity index (χ0) is 15.6. The summed E-state index contributed by atoms with van der Waals surface area (Å²) in [5.41, 5.74) is 0.151. The van der Waals surface area contributed by atoms with Gasteiger partial charge in [-0.1, -0.05) is 6.08 Å². The van der Waals surface area contributed by atoms with Gasteiger partial charge >= 0.3 is 0 Å². The van der Waals surface area contributed by atoms with E-state index in [0.29, 0.717) is 10.8 Å². The predicted molar refractivity (Wildman–Crippen MR) is 75.3 cm³/mol.